The van der Waals surface area contributed by atoms with Gasteiger partial charge in [0.1, 0.15) is 19.8 Å². The molecule has 0 amide bonds. The second-order valence-electron chi connectivity index (χ2n) is 2.08. The molecule has 0 heterocycles. The van der Waals surface area contributed by atoms with Crippen LogP contribution in [0, 0.1) is 0 Å². The van der Waals surface area contributed by atoms with Crippen LogP contribution in [0.2, 0.25) is 0 Å². The van der Waals surface area contributed by atoms with Crippen LogP contribution in [0.1, 0.15) is 0 Å². The standard InChI is InChI=1S/C6H15O9P/c7-1-4-10-13-16(14-11-5-2-8)15-12-6-3-9/h7-9H,1-6H2. The Hall–Kier alpha value is 0.0700. The summed E-state index contributed by atoms with van der Waals surface area (Å²) >= 11 is 0. The lowest BCUT2D eigenvalue weighted by molar-refractivity contribution is -0.313. The van der Waals surface area contributed by atoms with Crippen LogP contribution in [0.5, 0.6) is 0 Å². The van der Waals surface area contributed by atoms with Gasteiger partial charge in [0.15, 0.2) is 0 Å². The van der Waals surface area contributed by atoms with E-state index in [-0.39, 0.29) is 39.6 Å². The minimum atomic E-state index is -2.10. The van der Waals surface area contributed by atoms with Crippen LogP contribution < -0.4 is 0 Å². The van der Waals surface area contributed by atoms with Crippen molar-refractivity contribution in [2.24, 2.45) is 0 Å². The molecule has 0 saturated carbocycles. The quantitative estimate of drug-likeness (QED) is 0.177. The smallest absolute Gasteiger partial charge is 0.394 e. The second-order valence-corrected chi connectivity index (χ2v) is 2.98. The number of rotatable bonds is 12. The molecular formula is C6H15O9P. The predicted octanol–water partition coefficient (Wildman–Crippen LogP) is -0.965. The second kappa shape index (κ2) is 13.1. The van der Waals surface area contributed by atoms with Crippen LogP contribution in [0.3, 0.4) is 0 Å². The SMILES string of the molecule is OCCOOP(OOCCO)OOCCO. The third-order valence-corrected chi connectivity index (χ3v) is 1.55. The van der Waals surface area contributed by atoms with Crippen LogP contribution in [-0.4, -0.2) is 55.0 Å². The van der Waals surface area contributed by atoms with E-state index in [1.54, 1.807) is 0 Å². The fourth-order valence-corrected chi connectivity index (χ4v) is 0.946. The fourth-order valence-electron chi connectivity index (χ4n) is 0.390. The lowest BCUT2D eigenvalue weighted by atomic mass is 10.8. The lowest BCUT2D eigenvalue weighted by Gasteiger charge is -2.12. The van der Waals surface area contributed by atoms with E-state index in [0.29, 0.717) is 0 Å². The zero-order valence-corrected chi connectivity index (χ0v) is 9.38. The molecule has 0 aliphatic rings. The minimum Gasteiger partial charge on any atom is -0.394 e. The van der Waals surface area contributed by atoms with Gasteiger partial charge in [0.05, 0.1) is 19.8 Å². The molecule has 0 bridgehead atoms. The van der Waals surface area contributed by atoms with Crippen molar-refractivity contribution in [1.29, 1.82) is 0 Å². The van der Waals surface area contributed by atoms with E-state index in [0.717, 1.165) is 0 Å². The zero-order valence-electron chi connectivity index (χ0n) is 8.48. The normalized spacial score (nSPS) is 11.2. The van der Waals surface area contributed by atoms with Crippen molar-refractivity contribution < 1.29 is 44.0 Å². The van der Waals surface area contributed by atoms with Crippen LogP contribution in [-0.2, 0) is 28.7 Å². The zero-order chi connectivity index (χ0) is 12.1. The highest BCUT2D eigenvalue weighted by Crippen LogP contribution is 2.40. The van der Waals surface area contributed by atoms with Crippen LogP contribution in [0.4, 0.5) is 0 Å². The van der Waals surface area contributed by atoms with Crippen molar-refractivity contribution in [3.8, 4) is 0 Å². The Labute approximate surface area is 93.2 Å². The molecule has 98 valence electrons. The maximum absolute atomic E-state index is 8.40. The lowest BCUT2D eigenvalue weighted by Crippen LogP contribution is -2.05. The molecule has 0 atom stereocenters. The molecule has 0 radical (unpaired) electrons. The Kier molecular flexibility index (Phi) is 13.2. The fraction of sp³-hybridized carbons (Fsp3) is 1.00. The van der Waals surface area contributed by atoms with E-state index in [1.807, 2.05) is 0 Å². The number of hydrogen-bond donors (Lipinski definition) is 3. The molecule has 10 heteroatoms. The molecule has 0 saturated heterocycles. The molecule has 16 heavy (non-hydrogen) atoms. The van der Waals surface area contributed by atoms with Gasteiger partial charge in [-0.1, -0.05) is 0 Å². The average molecular weight is 262 g/mol. The average Bonchev–Trinajstić information content (AvgIpc) is 2.29. The maximum atomic E-state index is 8.40. The molecule has 0 unspecified atom stereocenters. The van der Waals surface area contributed by atoms with Crippen LogP contribution in [0.15, 0.2) is 0 Å². The van der Waals surface area contributed by atoms with Gasteiger partial charge < -0.3 is 15.3 Å². The molecule has 0 aliphatic carbocycles. The van der Waals surface area contributed by atoms with Gasteiger partial charge in [-0.3, -0.25) is 0 Å². The third kappa shape index (κ3) is 10.6. The first-order valence-electron chi connectivity index (χ1n) is 4.36. The van der Waals surface area contributed by atoms with Crippen molar-refractivity contribution in [2.45, 2.75) is 0 Å². The van der Waals surface area contributed by atoms with Gasteiger partial charge in [-0.05, 0) is 0 Å². The summed E-state index contributed by atoms with van der Waals surface area (Å²) < 4.78 is 13.6. The van der Waals surface area contributed by atoms with Gasteiger partial charge >= 0.3 is 8.60 Å². The van der Waals surface area contributed by atoms with Gasteiger partial charge in [-0.2, -0.15) is 0 Å². The largest absolute Gasteiger partial charge is 0.421 e. The summed E-state index contributed by atoms with van der Waals surface area (Å²) in [5.41, 5.74) is 0. The highest BCUT2D eigenvalue weighted by molar-refractivity contribution is 7.41. The molecule has 3 N–H and O–H groups in total. The maximum Gasteiger partial charge on any atom is 0.421 e. The number of aliphatic hydroxyl groups excluding tert-OH is 3. The highest BCUT2D eigenvalue weighted by atomic mass is 31.2. The molecule has 0 aromatic carbocycles. The van der Waals surface area contributed by atoms with Crippen LogP contribution in [0.25, 0.3) is 0 Å². The molecule has 9 nitrogen and oxygen atoms in total. The number of hydrogen-bond acceptors (Lipinski definition) is 9. The molecule has 0 spiro atoms. The van der Waals surface area contributed by atoms with E-state index >= 15 is 0 Å². The summed E-state index contributed by atoms with van der Waals surface area (Å²) in [6.45, 7) is -0.947. The van der Waals surface area contributed by atoms with Crippen molar-refractivity contribution >= 4 is 8.60 Å². The molecule has 0 aromatic rings. The van der Waals surface area contributed by atoms with Gasteiger partial charge in [0, 0.05) is 0 Å². The van der Waals surface area contributed by atoms with Crippen molar-refractivity contribution in [1.82, 2.24) is 0 Å². The van der Waals surface area contributed by atoms with E-state index in [9.17, 15) is 0 Å². The Bertz CT molecular complexity index is 113. The highest BCUT2D eigenvalue weighted by Gasteiger charge is 2.17. The Morgan fingerprint density at radius 1 is 0.625 bits per heavy atom. The van der Waals surface area contributed by atoms with Gasteiger partial charge in [-0.25, -0.2) is 14.7 Å². The molecule has 0 rings (SSSR count). The molecular weight excluding hydrogens is 247 g/mol. The van der Waals surface area contributed by atoms with Gasteiger partial charge in [0.25, 0.3) is 0 Å². The van der Waals surface area contributed by atoms with Crippen molar-refractivity contribution in [3.05, 3.63) is 0 Å². The number of aliphatic hydroxyl groups is 3. The van der Waals surface area contributed by atoms with Crippen molar-refractivity contribution in [2.75, 3.05) is 39.6 Å². The molecule has 0 aromatic heterocycles. The Morgan fingerprint density at radius 2 is 0.938 bits per heavy atom. The van der Waals surface area contributed by atoms with Crippen LogP contribution >= 0.6 is 8.60 Å². The van der Waals surface area contributed by atoms with Gasteiger partial charge in [0.2, 0.25) is 0 Å². The summed E-state index contributed by atoms with van der Waals surface area (Å²) in [4.78, 5) is 13.4. The summed E-state index contributed by atoms with van der Waals surface area (Å²) in [6.07, 6.45) is 0. The summed E-state index contributed by atoms with van der Waals surface area (Å²) in [5, 5.41) is 25.2. The summed E-state index contributed by atoms with van der Waals surface area (Å²) in [7, 11) is -2.10. The first-order valence-corrected chi connectivity index (χ1v) is 5.46. The monoisotopic (exact) mass is 262 g/mol. The minimum absolute atomic E-state index is 0.0778. The van der Waals surface area contributed by atoms with Crippen molar-refractivity contribution in [3.63, 3.8) is 0 Å². The Balaban J connectivity index is 3.58. The first kappa shape index (κ1) is 16.1. The predicted molar refractivity (Wildman–Crippen MR) is 49.3 cm³/mol. The molecule has 0 aliphatic heterocycles. The Morgan fingerprint density at radius 3 is 1.19 bits per heavy atom. The van der Waals surface area contributed by atoms with E-state index in [2.05, 4.69) is 28.7 Å². The molecule has 0 fully saturated rings. The van der Waals surface area contributed by atoms with E-state index in [1.165, 1.54) is 0 Å². The summed E-state index contributed by atoms with van der Waals surface area (Å²) in [6, 6.07) is 0. The van der Waals surface area contributed by atoms with E-state index < -0.39 is 8.60 Å². The summed E-state index contributed by atoms with van der Waals surface area (Å²) in [5.74, 6) is 0. The topological polar surface area (TPSA) is 116 Å². The first-order chi connectivity index (χ1) is 7.85. The van der Waals surface area contributed by atoms with E-state index in [4.69, 9.17) is 15.3 Å². The van der Waals surface area contributed by atoms with Gasteiger partial charge in [-0.15, -0.1) is 14.0 Å². The third-order valence-electron chi connectivity index (χ3n) is 0.865.